The predicted molar refractivity (Wildman–Crippen MR) is 90.3 cm³/mol. The lowest BCUT2D eigenvalue weighted by molar-refractivity contribution is -0.116. The molecule has 0 aliphatic heterocycles. The van der Waals surface area contributed by atoms with Crippen LogP contribution in [0.4, 0.5) is 5.69 Å². The molecule has 0 spiro atoms. The molecule has 1 unspecified atom stereocenters. The highest BCUT2D eigenvalue weighted by atomic mass is 16.1. The lowest BCUT2D eigenvalue weighted by Crippen LogP contribution is -2.22. The van der Waals surface area contributed by atoms with E-state index in [2.05, 4.69) is 12.2 Å². The first kappa shape index (κ1) is 17.7. The zero-order valence-electron chi connectivity index (χ0n) is 13.3. The summed E-state index contributed by atoms with van der Waals surface area (Å²) in [5.74, 6) is 0.0552. The van der Waals surface area contributed by atoms with Gasteiger partial charge in [-0.15, -0.1) is 0 Å². The van der Waals surface area contributed by atoms with Gasteiger partial charge in [-0.3, -0.25) is 4.79 Å². The zero-order valence-corrected chi connectivity index (χ0v) is 13.3. The first-order valence-corrected chi connectivity index (χ1v) is 8.33. The Kier molecular flexibility index (Phi) is 9.55. The molecule has 0 heterocycles. The molecule has 0 saturated heterocycles. The Morgan fingerprint density at radius 3 is 2.43 bits per heavy atom. The number of anilines is 1. The van der Waals surface area contributed by atoms with Crippen molar-refractivity contribution in [2.24, 2.45) is 5.73 Å². The minimum atomic E-state index is 0.0552. The summed E-state index contributed by atoms with van der Waals surface area (Å²) in [6, 6.07) is 9.71. The third-order valence-corrected chi connectivity index (χ3v) is 3.73. The first-order valence-electron chi connectivity index (χ1n) is 8.33. The van der Waals surface area contributed by atoms with E-state index in [0.29, 0.717) is 6.42 Å². The molecule has 1 rings (SSSR count). The first-order chi connectivity index (χ1) is 10.2. The van der Waals surface area contributed by atoms with Gasteiger partial charge < -0.3 is 11.1 Å². The molecule has 1 atom stereocenters. The highest BCUT2D eigenvalue weighted by molar-refractivity contribution is 5.90. The van der Waals surface area contributed by atoms with Crippen LogP contribution in [0.15, 0.2) is 30.3 Å². The van der Waals surface area contributed by atoms with Crippen molar-refractivity contribution in [3.05, 3.63) is 30.3 Å². The Bertz CT molecular complexity index is 378. The second-order valence-corrected chi connectivity index (χ2v) is 5.77. The molecule has 0 aliphatic carbocycles. The monoisotopic (exact) mass is 290 g/mol. The number of hydrogen-bond acceptors (Lipinski definition) is 2. The number of hydrogen-bond donors (Lipinski definition) is 2. The molecule has 1 aromatic rings. The van der Waals surface area contributed by atoms with E-state index in [9.17, 15) is 4.79 Å². The van der Waals surface area contributed by atoms with Crippen molar-refractivity contribution in [1.29, 1.82) is 0 Å². The Hall–Kier alpha value is -1.35. The molecular formula is C18H30N2O. The quantitative estimate of drug-likeness (QED) is 0.590. The molecule has 0 bridgehead atoms. The van der Waals surface area contributed by atoms with Crippen molar-refractivity contribution in [3.8, 4) is 0 Å². The number of carbonyl (C=O) groups is 1. The van der Waals surface area contributed by atoms with Gasteiger partial charge in [0.1, 0.15) is 0 Å². The highest BCUT2D eigenvalue weighted by Crippen LogP contribution is 2.11. The van der Waals surface area contributed by atoms with E-state index in [4.69, 9.17) is 5.73 Å². The van der Waals surface area contributed by atoms with Crippen LogP contribution in [-0.4, -0.2) is 11.9 Å². The van der Waals surface area contributed by atoms with Crippen LogP contribution in [0, 0.1) is 0 Å². The van der Waals surface area contributed by atoms with Crippen LogP contribution in [-0.2, 0) is 4.79 Å². The zero-order chi connectivity index (χ0) is 15.3. The smallest absolute Gasteiger partial charge is 0.224 e. The molecule has 0 fully saturated rings. The van der Waals surface area contributed by atoms with Gasteiger partial charge in [0.2, 0.25) is 5.91 Å². The molecule has 0 radical (unpaired) electrons. The second kappa shape index (κ2) is 11.3. The van der Waals surface area contributed by atoms with Gasteiger partial charge in [-0.25, -0.2) is 0 Å². The highest BCUT2D eigenvalue weighted by Gasteiger charge is 2.07. The standard InChI is InChI=1S/C18H30N2O/c1-2-3-4-5-6-8-11-16(19)14-15-18(21)20-17-12-9-7-10-13-17/h7,9-10,12-13,16H,2-6,8,11,14-15,19H2,1H3,(H,20,21). The van der Waals surface area contributed by atoms with E-state index in [1.54, 1.807) is 0 Å². The van der Waals surface area contributed by atoms with E-state index in [-0.39, 0.29) is 11.9 Å². The van der Waals surface area contributed by atoms with E-state index in [1.165, 1.54) is 38.5 Å². The van der Waals surface area contributed by atoms with E-state index in [0.717, 1.165) is 18.5 Å². The van der Waals surface area contributed by atoms with Crippen LogP contribution in [0.5, 0.6) is 0 Å². The molecule has 0 saturated carbocycles. The van der Waals surface area contributed by atoms with Gasteiger partial charge in [0.05, 0.1) is 0 Å². The van der Waals surface area contributed by atoms with E-state index >= 15 is 0 Å². The average molecular weight is 290 g/mol. The second-order valence-electron chi connectivity index (χ2n) is 5.77. The average Bonchev–Trinajstić information content (AvgIpc) is 2.50. The summed E-state index contributed by atoms with van der Waals surface area (Å²) in [6.07, 6.45) is 10.0. The molecule has 21 heavy (non-hydrogen) atoms. The van der Waals surface area contributed by atoms with Gasteiger partial charge in [0, 0.05) is 18.2 Å². The number of carbonyl (C=O) groups excluding carboxylic acids is 1. The Morgan fingerprint density at radius 1 is 1.05 bits per heavy atom. The summed E-state index contributed by atoms with van der Waals surface area (Å²) >= 11 is 0. The molecule has 1 amide bonds. The lowest BCUT2D eigenvalue weighted by Gasteiger charge is -2.11. The van der Waals surface area contributed by atoms with Gasteiger partial charge in [0.25, 0.3) is 0 Å². The minimum Gasteiger partial charge on any atom is -0.328 e. The van der Waals surface area contributed by atoms with Gasteiger partial charge in [-0.2, -0.15) is 0 Å². The van der Waals surface area contributed by atoms with Crippen molar-refractivity contribution >= 4 is 11.6 Å². The van der Waals surface area contributed by atoms with Gasteiger partial charge >= 0.3 is 0 Å². The van der Waals surface area contributed by atoms with Crippen molar-refractivity contribution in [3.63, 3.8) is 0 Å². The minimum absolute atomic E-state index is 0.0552. The number of benzene rings is 1. The van der Waals surface area contributed by atoms with E-state index < -0.39 is 0 Å². The van der Waals surface area contributed by atoms with Crippen LogP contribution in [0.3, 0.4) is 0 Å². The fraction of sp³-hybridized carbons (Fsp3) is 0.611. The van der Waals surface area contributed by atoms with Gasteiger partial charge in [-0.05, 0) is 25.0 Å². The predicted octanol–water partition coefficient (Wildman–Crippen LogP) is 4.48. The lowest BCUT2D eigenvalue weighted by atomic mass is 10.0. The summed E-state index contributed by atoms with van der Waals surface area (Å²) in [5.41, 5.74) is 6.93. The van der Waals surface area contributed by atoms with Crippen LogP contribution in [0.1, 0.15) is 64.7 Å². The maximum absolute atomic E-state index is 11.8. The third kappa shape index (κ3) is 9.24. The number of unbranched alkanes of at least 4 members (excludes halogenated alkanes) is 5. The number of para-hydroxylation sites is 1. The van der Waals surface area contributed by atoms with Crippen LogP contribution in [0.25, 0.3) is 0 Å². The van der Waals surface area contributed by atoms with Gasteiger partial charge in [-0.1, -0.05) is 63.6 Å². The number of nitrogens with one attached hydrogen (secondary N) is 1. The summed E-state index contributed by atoms with van der Waals surface area (Å²) in [5, 5.41) is 2.89. The fourth-order valence-corrected chi connectivity index (χ4v) is 2.39. The molecule has 3 heteroatoms. The molecule has 3 N–H and O–H groups in total. The number of rotatable bonds is 11. The Morgan fingerprint density at radius 2 is 1.71 bits per heavy atom. The van der Waals surface area contributed by atoms with Crippen molar-refractivity contribution < 1.29 is 4.79 Å². The topological polar surface area (TPSA) is 55.1 Å². The van der Waals surface area contributed by atoms with E-state index in [1.807, 2.05) is 30.3 Å². The molecule has 1 aromatic carbocycles. The van der Waals surface area contributed by atoms with Crippen LogP contribution in [0.2, 0.25) is 0 Å². The molecule has 3 nitrogen and oxygen atoms in total. The Labute approximate surface area is 129 Å². The van der Waals surface area contributed by atoms with Crippen LogP contribution >= 0.6 is 0 Å². The van der Waals surface area contributed by atoms with Crippen molar-refractivity contribution in [2.45, 2.75) is 70.8 Å². The molecular weight excluding hydrogens is 260 g/mol. The summed E-state index contributed by atoms with van der Waals surface area (Å²) in [6.45, 7) is 2.23. The number of nitrogens with two attached hydrogens (primary N) is 1. The normalized spacial score (nSPS) is 12.1. The maximum Gasteiger partial charge on any atom is 0.224 e. The van der Waals surface area contributed by atoms with Crippen molar-refractivity contribution in [2.75, 3.05) is 5.32 Å². The summed E-state index contributed by atoms with van der Waals surface area (Å²) in [4.78, 5) is 11.8. The Balaban J connectivity index is 2.04. The summed E-state index contributed by atoms with van der Waals surface area (Å²) in [7, 11) is 0. The third-order valence-electron chi connectivity index (χ3n) is 3.73. The summed E-state index contributed by atoms with van der Waals surface area (Å²) < 4.78 is 0. The SMILES string of the molecule is CCCCCCCCC(N)CCC(=O)Nc1ccccc1. The number of amides is 1. The molecule has 0 aliphatic rings. The van der Waals surface area contributed by atoms with Gasteiger partial charge in [0.15, 0.2) is 0 Å². The van der Waals surface area contributed by atoms with Crippen molar-refractivity contribution in [1.82, 2.24) is 0 Å². The largest absolute Gasteiger partial charge is 0.328 e. The fourth-order valence-electron chi connectivity index (χ4n) is 2.39. The maximum atomic E-state index is 11.8. The van der Waals surface area contributed by atoms with Crippen LogP contribution < -0.4 is 11.1 Å². The molecule has 118 valence electrons. The molecule has 0 aromatic heterocycles.